The molecule has 6 heteroatoms. The zero-order chi connectivity index (χ0) is 13.8. The molecule has 0 unspecified atom stereocenters. The number of hydrogen-bond acceptors (Lipinski definition) is 4. The van der Waals surface area contributed by atoms with Crippen molar-refractivity contribution < 1.29 is 9.53 Å². The second-order valence-corrected chi connectivity index (χ2v) is 4.01. The minimum atomic E-state index is -0.223. The SMILES string of the molecule is CCOc1ncccc1NC(=O)c1cnn(C)c1C. The summed E-state index contributed by atoms with van der Waals surface area (Å²) in [4.78, 5) is 16.2. The van der Waals surface area contributed by atoms with Crippen molar-refractivity contribution in [2.75, 3.05) is 11.9 Å². The number of aryl methyl sites for hydroxylation is 1. The molecular weight excluding hydrogens is 244 g/mol. The van der Waals surface area contributed by atoms with E-state index in [0.717, 1.165) is 5.69 Å². The topological polar surface area (TPSA) is 69.0 Å². The fourth-order valence-corrected chi connectivity index (χ4v) is 1.65. The Balaban J connectivity index is 2.22. The van der Waals surface area contributed by atoms with E-state index < -0.39 is 0 Å². The Morgan fingerprint density at radius 1 is 1.53 bits per heavy atom. The van der Waals surface area contributed by atoms with Gasteiger partial charge in [0.2, 0.25) is 5.88 Å². The molecule has 1 N–H and O–H groups in total. The molecule has 2 aromatic heterocycles. The second-order valence-electron chi connectivity index (χ2n) is 4.01. The fourth-order valence-electron chi connectivity index (χ4n) is 1.65. The lowest BCUT2D eigenvalue weighted by atomic mass is 10.2. The molecule has 0 fully saturated rings. The van der Waals surface area contributed by atoms with Crippen LogP contribution < -0.4 is 10.1 Å². The van der Waals surface area contributed by atoms with Crippen LogP contribution in [0.25, 0.3) is 0 Å². The highest BCUT2D eigenvalue weighted by molar-refractivity contribution is 6.05. The Labute approximate surface area is 111 Å². The van der Waals surface area contributed by atoms with Crippen LogP contribution in [-0.2, 0) is 7.05 Å². The van der Waals surface area contributed by atoms with Crippen molar-refractivity contribution >= 4 is 11.6 Å². The summed E-state index contributed by atoms with van der Waals surface area (Å²) in [6, 6.07) is 3.50. The molecule has 0 spiro atoms. The molecule has 0 aliphatic rings. The molecule has 6 nitrogen and oxygen atoms in total. The number of rotatable bonds is 4. The van der Waals surface area contributed by atoms with Gasteiger partial charge < -0.3 is 10.1 Å². The van der Waals surface area contributed by atoms with Crippen molar-refractivity contribution in [3.63, 3.8) is 0 Å². The van der Waals surface area contributed by atoms with Crippen molar-refractivity contribution in [2.24, 2.45) is 7.05 Å². The maximum Gasteiger partial charge on any atom is 0.259 e. The minimum absolute atomic E-state index is 0.223. The molecule has 2 rings (SSSR count). The summed E-state index contributed by atoms with van der Waals surface area (Å²) in [5, 5.41) is 6.83. The number of nitrogens with one attached hydrogen (secondary N) is 1. The Morgan fingerprint density at radius 2 is 2.32 bits per heavy atom. The van der Waals surface area contributed by atoms with E-state index in [1.807, 2.05) is 13.8 Å². The van der Waals surface area contributed by atoms with E-state index in [-0.39, 0.29) is 5.91 Å². The molecule has 0 radical (unpaired) electrons. The van der Waals surface area contributed by atoms with E-state index in [1.165, 1.54) is 0 Å². The van der Waals surface area contributed by atoms with Gasteiger partial charge in [-0.1, -0.05) is 0 Å². The first-order valence-corrected chi connectivity index (χ1v) is 6.01. The molecular formula is C13H16N4O2. The number of carbonyl (C=O) groups is 1. The highest BCUT2D eigenvalue weighted by Crippen LogP contribution is 2.21. The summed E-state index contributed by atoms with van der Waals surface area (Å²) in [7, 11) is 1.79. The Bertz CT molecular complexity index is 592. The van der Waals surface area contributed by atoms with Gasteiger partial charge in [-0.3, -0.25) is 9.48 Å². The van der Waals surface area contributed by atoms with Crippen LogP contribution in [0.4, 0.5) is 5.69 Å². The van der Waals surface area contributed by atoms with Gasteiger partial charge in [-0.25, -0.2) is 4.98 Å². The van der Waals surface area contributed by atoms with Crippen LogP contribution in [0.1, 0.15) is 23.0 Å². The first-order chi connectivity index (χ1) is 9.13. The van der Waals surface area contributed by atoms with E-state index in [2.05, 4.69) is 15.4 Å². The van der Waals surface area contributed by atoms with E-state index >= 15 is 0 Å². The van der Waals surface area contributed by atoms with Crippen molar-refractivity contribution in [2.45, 2.75) is 13.8 Å². The molecule has 0 aliphatic carbocycles. The molecule has 100 valence electrons. The Hall–Kier alpha value is -2.37. The van der Waals surface area contributed by atoms with Crippen LogP contribution in [0, 0.1) is 6.92 Å². The number of amides is 1. The number of aromatic nitrogens is 3. The maximum atomic E-state index is 12.2. The third kappa shape index (κ3) is 2.73. The van der Waals surface area contributed by atoms with E-state index in [9.17, 15) is 4.79 Å². The molecule has 1 amide bonds. The lowest BCUT2D eigenvalue weighted by Crippen LogP contribution is -2.14. The van der Waals surface area contributed by atoms with Gasteiger partial charge in [-0.2, -0.15) is 5.10 Å². The van der Waals surface area contributed by atoms with Crippen LogP contribution in [0.2, 0.25) is 0 Å². The third-order valence-corrected chi connectivity index (χ3v) is 2.78. The number of ether oxygens (including phenoxy) is 1. The van der Waals surface area contributed by atoms with Gasteiger partial charge in [0.05, 0.1) is 18.4 Å². The maximum absolute atomic E-state index is 12.2. The number of carbonyl (C=O) groups excluding carboxylic acids is 1. The summed E-state index contributed by atoms with van der Waals surface area (Å²) in [5.41, 5.74) is 1.89. The lowest BCUT2D eigenvalue weighted by Gasteiger charge is -2.09. The van der Waals surface area contributed by atoms with Gasteiger partial charge in [0, 0.05) is 18.9 Å². The predicted molar refractivity (Wildman–Crippen MR) is 71.3 cm³/mol. The van der Waals surface area contributed by atoms with E-state index in [1.54, 1.807) is 36.3 Å². The van der Waals surface area contributed by atoms with Crippen LogP contribution in [-0.4, -0.2) is 27.3 Å². The zero-order valence-corrected chi connectivity index (χ0v) is 11.2. The number of pyridine rings is 1. The van der Waals surface area contributed by atoms with Crippen molar-refractivity contribution in [3.05, 3.63) is 35.8 Å². The summed E-state index contributed by atoms with van der Waals surface area (Å²) in [5.74, 6) is 0.194. The number of nitrogens with zero attached hydrogens (tertiary/aromatic N) is 3. The first kappa shape index (κ1) is 13.1. The third-order valence-electron chi connectivity index (χ3n) is 2.78. The molecule has 19 heavy (non-hydrogen) atoms. The lowest BCUT2D eigenvalue weighted by molar-refractivity contribution is 0.102. The quantitative estimate of drug-likeness (QED) is 0.909. The minimum Gasteiger partial charge on any atom is -0.476 e. The van der Waals surface area contributed by atoms with Gasteiger partial charge in [0.15, 0.2) is 0 Å². The zero-order valence-electron chi connectivity index (χ0n) is 11.2. The molecule has 2 aromatic rings. The number of hydrogen-bond donors (Lipinski definition) is 1. The van der Waals surface area contributed by atoms with Crippen molar-refractivity contribution in [1.82, 2.24) is 14.8 Å². The molecule has 0 aliphatic heterocycles. The molecule has 0 aromatic carbocycles. The highest BCUT2D eigenvalue weighted by Gasteiger charge is 2.15. The second kappa shape index (κ2) is 5.51. The summed E-state index contributed by atoms with van der Waals surface area (Å²) in [6.07, 6.45) is 3.16. The monoisotopic (exact) mass is 260 g/mol. The largest absolute Gasteiger partial charge is 0.476 e. The van der Waals surface area contributed by atoms with Crippen LogP contribution in [0.5, 0.6) is 5.88 Å². The Morgan fingerprint density at radius 3 is 2.95 bits per heavy atom. The van der Waals surface area contributed by atoms with Crippen molar-refractivity contribution in [3.8, 4) is 5.88 Å². The molecule has 0 atom stereocenters. The number of anilines is 1. The van der Waals surface area contributed by atoms with Gasteiger partial charge in [-0.05, 0) is 26.0 Å². The normalized spacial score (nSPS) is 10.3. The first-order valence-electron chi connectivity index (χ1n) is 6.01. The Kier molecular flexibility index (Phi) is 3.79. The van der Waals surface area contributed by atoms with Crippen molar-refractivity contribution in [1.29, 1.82) is 0 Å². The van der Waals surface area contributed by atoms with E-state index in [4.69, 9.17) is 4.74 Å². The summed E-state index contributed by atoms with van der Waals surface area (Å²) in [6.45, 7) is 4.20. The van der Waals surface area contributed by atoms with Gasteiger partial charge in [0.1, 0.15) is 5.69 Å². The van der Waals surface area contributed by atoms with Crippen LogP contribution in [0.15, 0.2) is 24.5 Å². The molecule has 0 saturated heterocycles. The average molecular weight is 260 g/mol. The standard InChI is InChI=1S/C13H16N4O2/c1-4-19-13-11(6-5-7-14-13)16-12(18)10-8-15-17(3)9(10)2/h5-8H,4H2,1-3H3,(H,16,18). The van der Waals surface area contributed by atoms with Crippen LogP contribution in [0.3, 0.4) is 0 Å². The summed E-state index contributed by atoms with van der Waals surface area (Å²) < 4.78 is 7.02. The average Bonchev–Trinajstić information content (AvgIpc) is 2.73. The highest BCUT2D eigenvalue weighted by atomic mass is 16.5. The molecule has 2 heterocycles. The predicted octanol–water partition coefficient (Wildman–Crippen LogP) is 1.77. The molecule has 0 bridgehead atoms. The fraction of sp³-hybridized carbons (Fsp3) is 0.308. The smallest absolute Gasteiger partial charge is 0.259 e. The van der Waals surface area contributed by atoms with Gasteiger partial charge >= 0.3 is 0 Å². The van der Waals surface area contributed by atoms with Crippen LogP contribution >= 0.6 is 0 Å². The van der Waals surface area contributed by atoms with Gasteiger partial charge in [-0.15, -0.1) is 0 Å². The van der Waals surface area contributed by atoms with E-state index in [0.29, 0.717) is 23.7 Å². The molecule has 0 saturated carbocycles. The summed E-state index contributed by atoms with van der Waals surface area (Å²) >= 11 is 0. The van der Waals surface area contributed by atoms with Gasteiger partial charge in [0.25, 0.3) is 5.91 Å².